The summed E-state index contributed by atoms with van der Waals surface area (Å²) in [6.07, 6.45) is -1.47. The van der Waals surface area contributed by atoms with Crippen molar-refractivity contribution in [1.29, 1.82) is 0 Å². The van der Waals surface area contributed by atoms with Crippen LogP contribution in [0.2, 0.25) is 0 Å². The second kappa shape index (κ2) is 4.06. The fourth-order valence-corrected chi connectivity index (χ4v) is 1.83. The van der Waals surface area contributed by atoms with Crippen molar-refractivity contribution in [2.45, 2.75) is 6.18 Å². The second-order valence-electron chi connectivity index (χ2n) is 3.32. The number of nitrogen functional groups attached to an aromatic ring is 1. The third kappa shape index (κ3) is 2.28. The van der Waals surface area contributed by atoms with Crippen LogP contribution in [0, 0.1) is 0 Å². The highest BCUT2D eigenvalue weighted by molar-refractivity contribution is 9.10. The standard InChI is InChI=1S/C10H7BrF3N3/c11-7-2-1-6(10(12,13)14)5-8(7)17-4-3-16-9(17)15/h1-5H,(H2,15,16). The van der Waals surface area contributed by atoms with Crippen molar-refractivity contribution in [3.8, 4) is 5.69 Å². The predicted octanol–water partition coefficient (Wildman–Crippen LogP) is 3.24. The monoisotopic (exact) mass is 305 g/mol. The van der Waals surface area contributed by atoms with E-state index in [1.54, 1.807) is 0 Å². The van der Waals surface area contributed by atoms with Gasteiger partial charge in [0, 0.05) is 16.9 Å². The predicted molar refractivity (Wildman–Crippen MR) is 60.7 cm³/mol. The summed E-state index contributed by atoms with van der Waals surface area (Å²) in [7, 11) is 0. The number of alkyl halides is 3. The number of benzene rings is 1. The summed E-state index contributed by atoms with van der Waals surface area (Å²) in [6, 6.07) is 3.35. The van der Waals surface area contributed by atoms with E-state index in [4.69, 9.17) is 5.73 Å². The molecule has 0 saturated heterocycles. The highest BCUT2D eigenvalue weighted by atomic mass is 79.9. The number of hydrogen-bond acceptors (Lipinski definition) is 2. The van der Waals surface area contributed by atoms with Crippen LogP contribution in [0.4, 0.5) is 19.1 Å². The van der Waals surface area contributed by atoms with Gasteiger partial charge in [0.15, 0.2) is 0 Å². The number of imidazole rings is 1. The lowest BCUT2D eigenvalue weighted by atomic mass is 10.2. The first-order valence-electron chi connectivity index (χ1n) is 4.55. The Balaban J connectivity index is 2.58. The van der Waals surface area contributed by atoms with Crippen LogP contribution in [-0.2, 0) is 6.18 Å². The van der Waals surface area contributed by atoms with Crippen molar-refractivity contribution < 1.29 is 13.2 Å². The summed E-state index contributed by atoms with van der Waals surface area (Å²) in [5.74, 6) is 0.130. The first-order chi connectivity index (χ1) is 7.89. The Morgan fingerprint density at radius 2 is 2.00 bits per heavy atom. The molecule has 1 aromatic heterocycles. The van der Waals surface area contributed by atoms with E-state index >= 15 is 0 Å². The molecule has 7 heteroatoms. The molecule has 0 amide bonds. The summed E-state index contributed by atoms with van der Waals surface area (Å²) in [6.45, 7) is 0. The minimum atomic E-state index is -4.38. The number of halogens is 4. The second-order valence-corrected chi connectivity index (χ2v) is 4.17. The summed E-state index contributed by atoms with van der Waals surface area (Å²) in [5, 5.41) is 0. The molecule has 0 fully saturated rings. The number of anilines is 1. The van der Waals surface area contributed by atoms with Crippen molar-refractivity contribution >= 4 is 21.9 Å². The first-order valence-corrected chi connectivity index (χ1v) is 5.35. The summed E-state index contributed by atoms with van der Waals surface area (Å²) in [4.78, 5) is 3.76. The molecule has 90 valence electrons. The normalized spacial score (nSPS) is 11.8. The molecule has 0 spiro atoms. The fraction of sp³-hybridized carbons (Fsp3) is 0.100. The molecule has 2 aromatic rings. The van der Waals surface area contributed by atoms with Crippen LogP contribution >= 0.6 is 15.9 Å². The van der Waals surface area contributed by atoms with Gasteiger partial charge in [-0.25, -0.2) is 4.98 Å². The maximum Gasteiger partial charge on any atom is 0.416 e. The zero-order valence-corrected chi connectivity index (χ0v) is 9.96. The smallest absolute Gasteiger partial charge is 0.369 e. The maximum atomic E-state index is 12.6. The van der Waals surface area contributed by atoms with Gasteiger partial charge in [0.1, 0.15) is 0 Å². The summed E-state index contributed by atoms with van der Waals surface area (Å²) < 4.78 is 39.6. The van der Waals surface area contributed by atoms with E-state index in [2.05, 4.69) is 20.9 Å². The van der Waals surface area contributed by atoms with E-state index in [-0.39, 0.29) is 5.95 Å². The third-order valence-electron chi connectivity index (χ3n) is 2.20. The molecule has 0 bridgehead atoms. The van der Waals surface area contributed by atoms with E-state index in [1.807, 2.05) is 0 Å². The Morgan fingerprint density at radius 1 is 1.29 bits per heavy atom. The van der Waals surface area contributed by atoms with Gasteiger partial charge in [-0.2, -0.15) is 13.2 Å². The van der Waals surface area contributed by atoms with E-state index in [9.17, 15) is 13.2 Å². The molecule has 2 N–H and O–H groups in total. The number of nitrogens with zero attached hydrogens (tertiary/aromatic N) is 2. The van der Waals surface area contributed by atoms with E-state index in [1.165, 1.54) is 23.0 Å². The molecule has 17 heavy (non-hydrogen) atoms. The Bertz CT molecular complexity index is 548. The van der Waals surface area contributed by atoms with Crippen LogP contribution in [-0.4, -0.2) is 9.55 Å². The molecule has 1 heterocycles. The Kier molecular flexibility index (Phi) is 2.86. The van der Waals surface area contributed by atoms with Gasteiger partial charge in [-0.15, -0.1) is 0 Å². The molecule has 2 rings (SSSR count). The molecule has 3 nitrogen and oxygen atoms in total. The van der Waals surface area contributed by atoms with Gasteiger partial charge >= 0.3 is 6.18 Å². The van der Waals surface area contributed by atoms with Crippen molar-refractivity contribution in [3.63, 3.8) is 0 Å². The van der Waals surface area contributed by atoms with Gasteiger partial charge in [0.25, 0.3) is 0 Å². The fourth-order valence-electron chi connectivity index (χ4n) is 1.39. The average molecular weight is 306 g/mol. The first kappa shape index (κ1) is 12.0. The number of hydrogen-bond donors (Lipinski definition) is 1. The Morgan fingerprint density at radius 3 is 2.53 bits per heavy atom. The summed E-state index contributed by atoms with van der Waals surface area (Å²) >= 11 is 3.18. The molecule has 0 aliphatic heterocycles. The van der Waals surface area contributed by atoms with Gasteiger partial charge in [-0.3, -0.25) is 4.57 Å². The number of aromatic nitrogens is 2. The van der Waals surface area contributed by atoms with Crippen molar-refractivity contribution in [2.75, 3.05) is 5.73 Å². The van der Waals surface area contributed by atoms with Crippen LogP contribution < -0.4 is 5.73 Å². The molecule has 0 radical (unpaired) electrons. The zero-order valence-electron chi connectivity index (χ0n) is 8.37. The lowest BCUT2D eigenvalue weighted by Gasteiger charge is -2.12. The van der Waals surface area contributed by atoms with Crippen LogP contribution in [0.3, 0.4) is 0 Å². The van der Waals surface area contributed by atoms with E-state index in [0.29, 0.717) is 10.2 Å². The van der Waals surface area contributed by atoms with E-state index < -0.39 is 11.7 Å². The van der Waals surface area contributed by atoms with Gasteiger partial charge in [-0.05, 0) is 34.1 Å². The molecule has 0 atom stereocenters. The minimum Gasteiger partial charge on any atom is -0.369 e. The molecule has 1 aromatic carbocycles. The lowest BCUT2D eigenvalue weighted by Crippen LogP contribution is -2.07. The van der Waals surface area contributed by atoms with Crippen molar-refractivity contribution in [3.05, 3.63) is 40.6 Å². The van der Waals surface area contributed by atoms with Gasteiger partial charge < -0.3 is 5.73 Å². The molecule has 0 unspecified atom stereocenters. The Labute approximate surface area is 103 Å². The largest absolute Gasteiger partial charge is 0.416 e. The van der Waals surface area contributed by atoms with Crippen LogP contribution in [0.25, 0.3) is 5.69 Å². The van der Waals surface area contributed by atoms with Crippen molar-refractivity contribution in [2.24, 2.45) is 0 Å². The SMILES string of the molecule is Nc1nccn1-c1cc(C(F)(F)F)ccc1Br. The van der Waals surface area contributed by atoms with Gasteiger partial charge in [-0.1, -0.05) is 0 Å². The zero-order chi connectivity index (χ0) is 12.6. The quantitative estimate of drug-likeness (QED) is 0.879. The molecular weight excluding hydrogens is 299 g/mol. The highest BCUT2D eigenvalue weighted by Gasteiger charge is 2.31. The lowest BCUT2D eigenvalue weighted by molar-refractivity contribution is -0.137. The maximum absolute atomic E-state index is 12.6. The van der Waals surface area contributed by atoms with Crippen LogP contribution in [0.5, 0.6) is 0 Å². The molecule has 0 aliphatic rings. The topological polar surface area (TPSA) is 43.8 Å². The van der Waals surface area contributed by atoms with Gasteiger partial charge in [0.2, 0.25) is 5.95 Å². The summed E-state index contributed by atoms with van der Waals surface area (Å²) in [5.41, 5.74) is 5.12. The highest BCUT2D eigenvalue weighted by Crippen LogP contribution is 2.33. The minimum absolute atomic E-state index is 0.130. The Hall–Kier alpha value is -1.50. The van der Waals surface area contributed by atoms with Crippen LogP contribution in [0.15, 0.2) is 35.1 Å². The molecule has 0 aliphatic carbocycles. The van der Waals surface area contributed by atoms with Crippen molar-refractivity contribution in [1.82, 2.24) is 9.55 Å². The van der Waals surface area contributed by atoms with Crippen LogP contribution in [0.1, 0.15) is 5.56 Å². The van der Waals surface area contributed by atoms with E-state index in [0.717, 1.165) is 12.1 Å². The molecular formula is C10H7BrF3N3. The number of rotatable bonds is 1. The van der Waals surface area contributed by atoms with Gasteiger partial charge in [0.05, 0.1) is 11.3 Å². The number of nitrogens with two attached hydrogens (primary N) is 1. The molecule has 0 saturated carbocycles. The third-order valence-corrected chi connectivity index (χ3v) is 2.87. The average Bonchev–Trinajstić information content (AvgIpc) is 2.63.